The molecule has 0 aliphatic heterocycles. The van der Waals surface area contributed by atoms with Gasteiger partial charge in [0.1, 0.15) is 12.4 Å². The summed E-state index contributed by atoms with van der Waals surface area (Å²) >= 11 is 10.1. The van der Waals surface area contributed by atoms with Crippen molar-refractivity contribution in [2.24, 2.45) is 0 Å². The molecule has 0 bridgehead atoms. The molecule has 0 amide bonds. The van der Waals surface area contributed by atoms with E-state index in [1.54, 1.807) is 0 Å². The summed E-state index contributed by atoms with van der Waals surface area (Å²) in [5.41, 5.74) is 0. The summed E-state index contributed by atoms with van der Waals surface area (Å²) in [6.07, 6.45) is 6.72. The summed E-state index contributed by atoms with van der Waals surface area (Å²) in [7, 11) is 0. The van der Waals surface area contributed by atoms with Crippen molar-refractivity contribution in [2.75, 3.05) is 6.61 Å². The van der Waals surface area contributed by atoms with Crippen LogP contribution in [0.3, 0.4) is 0 Å². The van der Waals surface area contributed by atoms with Crippen LogP contribution in [-0.4, -0.2) is 6.61 Å². The van der Waals surface area contributed by atoms with E-state index in [0.29, 0.717) is 5.75 Å². The van der Waals surface area contributed by atoms with Gasteiger partial charge in [-0.25, -0.2) is 0 Å². The molecule has 0 aromatic heterocycles. The molecule has 1 aromatic rings. The van der Waals surface area contributed by atoms with Gasteiger partial charge in [-0.15, -0.1) is 0 Å². The van der Waals surface area contributed by atoms with Crippen LogP contribution in [0.1, 0.15) is 0 Å². The van der Waals surface area contributed by atoms with E-state index in [9.17, 15) is 0 Å². The number of hydrogen-bond donors (Lipinski definition) is 0. The van der Waals surface area contributed by atoms with Crippen LogP contribution in [-0.2, 0) is 17.1 Å². The van der Waals surface area contributed by atoms with E-state index in [4.69, 9.17) is 11.2 Å². The smallest absolute Gasteiger partial charge is 0.690 e. The van der Waals surface area contributed by atoms with Crippen molar-refractivity contribution in [2.45, 2.75) is 0 Å². The van der Waals surface area contributed by atoms with Crippen molar-refractivity contribution in [1.82, 2.24) is 0 Å². The average molecular weight is 431 g/mol. The Hall–Kier alpha value is 0.539. The van der Waals surface area contributed by atoms with Crippen molar-refractivity contribution in [3.63, 3.8) is 0 Å². The maximum absolute atomic E-state index is 6.72. The molecule has 0 N–H and O–H groups in total. The molecule has 5 heteroatoms. The quantitative estimate of drug-likeness (QED) is 0.392. The fraction of sp³-hybridized carbons (Fsp3) is 0.111. The second-order valence-corrected chi connectivity index (χ2v) is 4.79. The number of ether oxygens (including phenoxy) is 1. The van der Waals surface area contributed by atoms with Crippen LogP contribution >= 0.6 is 47.8 Å². The fourth-order valence-electron chi connectivity index (χ4n) is 0.775. The molecular weight excluding hydrogens is 427 g/mol. The monoisotopic (exact) mass is 428 g/mol. The second kappa shape index (κ2) is 6.92. The van der Waals surface area contributed by atoms with E-state index >= 15 is 0 Å². The van der Waals surface area contributed by atoms with Crippen molar-refractivity contribution >= 4 is 47.8 Å². The Balaban J connectivity index is 0.00000169. The van der Waals surface area contributed by atoms with Crippen LogP contribution in [0.4, 0.5) is 0 Å². The minimum atomic E-state index is 0. The van der Waals surface area contributed by atoms with E-state index < -0.39 is 0 Å². The minimum absolute atomic E-state index is 0. The first-order valence-electron chi connectivity index (χ1n) is 3.32. The van der Waals surface area contributed by atoms with Crippen molar-refractivity contribution < 1.29 is 21.8 Å². The van der Waals surface area contributed by atoms with Crippen LogP contribution in [0.5, 0.6) is 5.75 Å². The van der Waals surface area contributed by atoms with E-state index in [0.717, 1.165) is 13.4 Å². The predicted molar refractivity (Wildman–Crippen MR) is 62.2 cm³/mol. The molecule has 0 unspecified atom stereocenters. The molecule has 14 heavy (non-hydrogen) atoms. The van der Waals surface area contributed by atoms with Crippen molar-refractivity contribution in [1.29, 1.82) is 0 Å². The minimum Gasteiger partial charge on any atom is -0.690 e. The molecule has 0 radical (unpaired) electrons. The van der Waals surface area contributed by atoms with Gasteiger partial charge in [-0.05, 0) is 44.0 Å². The van der Waals surface area contributed by atoms with Gasteiger partial charge in [0.05, 0.1) is 8.95 Å². The van der Waals surface area contributed by atoms with E-state index in [1.165, 1.54) is 0 Å². The molecule has 0 spiro atoms. The van der Waals surface area contributed by atoms with Gasteiger partial charge in [0.15, 0.2) is 0 Å². The number of benzene rings is 1. The molecular formula is C9H4Br3CuO. The molecule has 0 aliphatic rings. The molecule has 0 atom stereocenters. The van der Waals surface area contributed by atoms with Gasteiger partial charge in [0.25, 0.3) is 0 Å². The zero-order valence-corrected chi connectivity index (χ0v) is 12.4. The van der Waals surface area contributed by atoms with Crippen LogP contribution < -0.4 is 4.74 Å². The van der Waals surface area contributed by atoms with Gasteiger partial charge in [-0.2, -0.15) is 0 Å². The zero-order chi connectivity index (χ0) is 9.84. The topological polar surface area (TPSA) is 9.23 Å². The van der Waals surface area contributed by atoms with Gasteiger partial charge in [-0.3, -0.25) is 0 Å². The van der Waals surface area contributed by atoms with Crippen LogP contribution in [0.25, 0.3) is 0 Å². The molecule has 0 fully saturated rings. The summed E-state index contributed by atoms with van der Waals surface area (Å²) in [6, 6.07) is 3.76. The fourth-order valence-corrected chi connectivity index (χ4v) is 3.26. The Morgan fingerprint density at radius 1 is 1.21 bits per heavy atom. The van der Waals surface area contributed by atoms with Crippen LogP contribution in [0.2, 0.25) is 0 Å². The molecule has 0 saturated carbocycles. The number of halogens is 3. The Morgan fingerprint density at radius 3 is 2.14 bits per heavy atom. The Labute approximate surface area is 119 Å². The SMILES string of the molecule is [C-]#CCOc1c(Br)cc(Br)cc1Br.[Cu+]. The summed E-state index contributed by atoms with van der Waals surface area (Å²) in [6.45, 7) is 0.152. The summed E-state index contributed by atoms with van der Waals surface area (Å²) in [4.78, 5) is 0. The first-order valence-corrected chi connectivity index (χ1v) is 5.70. The number of hydrogen-bond acceptors (Lipinski definition) is 1. The maximum Gasteiger partial charge on any atom is 1.00 e. The van der Waals surface area contributed by atoms with Gasteiger partial charge in [-0.1, -0.05) is 15.9 Å². The summed E-state index contributed by atoms with van der Waals surface area (Å²) in [5, 5.41) is 0. The van der Waals surface area contributed by atoms with E-state index in [-0.39, 0.29) is 23.7 Å². The molecule has 78 valence electrons. The van der Waals surface area contributed by atoms with E-state index in [1.807, 2.05) is 12.1 Å². The average Bonchev–Trinajstić information content (AvgIpc) is 2.02. The third-order valence-corrected chi connectivity index (χ3v) is 2.89. The molecule has 1 rings (SSSR count). The van der Waals surface area contributed by atoms with Gasteiger partial charge in [0.2, 0.25) is 0 Å². The first-order chi connectivity index (χ1) is 6.15. The Bertz CT molecular complexity index is 337. The van der Waals surface area contributed by atoms with Gasteiger partial charge in [0, 0.05) is 4.47 Å². The standard InChI is InChI=1S/C9H4Br3O.Cu/c1-2-3-13-9-7(11)4-6(10)5-8(9)12;/h4-5H,3H2;/q-1;+1. The van der Waals surface area contributed by atoms with Gasteiger partial charge < -0.3 is 17.1 Å². The summed E-state index contributed by atoms with van der Waals surface area (Å²) < 4.78 is 7.89. The predicted octanol–water partition coefficient (Wildman–Crippen LogP) is 3.94. The molecule has 1 nitrogen and oxygen atoms in total. The van der Waals surface area contributed by atoms with Crippen LogP contribution in [0, 0.1) is 12.3 Å². The second-order valence-electron chi connectivity index (χ2n) is 2.16. The maximum atomic E-state index is 6.72. The Kier molecular flexibility index (Phi) is 7.19. The third kappa shape index (κ3) is 3.96. The number of rotatable bonds is 2. The molecule has 0 aliphatic carbocycles. The first kappa shape index (κ1) is 14.5. The van der Waals surface area contributed by atoms with E-state index in [2.05, 4.69) is 53.7 Å². The molecule has 0 saturated heterocycles. The third-order valence-electron chi connectivity index (χ3n) is 1.25. The molecule has 0 heterocycles. The summed E-state index contributed by atoms with van der Waals surface area (Å²) in [5.74, 6) is 2.84. The van der Waals surface area contributed by atoms with Crippen molar-refractivity contribution in [3.8, 4) is 11.7 Å². The van der Waals surface area contributed by atoms with Crippen molar-refractivity contribution in [3.05, 3.63) is 32.0 Å². The largest absolute Gasteiger partial charge is 1.00 e. The Morgan fingerprint density at radius 2 is 1.71 bits per heavy atom. The van der Waals surface area contributed by atoms with Crippen LogP contribution in [0.15, 0.2) is 25.6 Å². The zero-order valence-electron chi connectivity index (χ0n) is 6.71. The van der Waals surface area contributed by atoms with Gasteiger partial charge >= 0.3 is 17.1 Å². The molecule has 1 aromatic carbocycles. The normalized spacial score (nSPS) is 8.71.